The zero-order valence-corrected chi connectivity index (χ0v) is 15.2. The standard InChI is InChI=1S/C17H9Cl3N4O2/c18-10-3-1-9(2-4-10)11(7-21)15-12(19)5-6-13(16(15)20)24-17(26)23-14(25)8-22-24/h1-6,8,11H,(H,23,25,26)/t11-/m0/s1. The number of benzene rings is 2. The van der Waals surface area contributed by atoms with Crippen LogP contribution in [-0.4, -0.2) is 14.8 Å². The largest absolute Gasteiger partial charge is 0.349 e. The smallest absolute Gasteiger partial charge is 0.271 e. The van der Waals surface area contributed by atoms with Gasteiger partial charge in [0.05, 0.1) is 22.7 Å². The first-order chi connectivity index (χ1) is 12.4. The molecule has 6 nitrogen and oxygen atoms in total. The van der Waals surface area contributed by atoms with E-state index >= 15 is 0 Å². The number of aromatic nitrogens is 3. The van der Waals surface area contributed by atoms with E-state index in [4.69, 9.17) is 34.8 Å². The van der Waals surface area contributed by atoms with Crippen LogP contribution in [0.5, 0.6) is 0 Å². The Morgan fingerprint density at radius 2 is 1.77 bits per heavy atom. The molecule has 3 aromatic rings. The lowest BCUT2D eigenvalue weighted by Gasteiger charge is -2.16. The molecule has 0 bridgehead atoms. The zero-order chi connectivity index (χ0) is 18.8. The van der Waals surface area contributed by atoms with Gasteiger partial charge in [0.15, 0.2) is 0 Å². The third-order valence-corrected chi connectivity index (χ3v) is 4.65. The first-order valence-electron chi connectivity index (χ1n) is 7.24. The molecule has 0 fully saturated rings. The fourth-order valence-electron chi connectivity index (χ4n) is 2.47. The summed E-state index contributed by atoms with van der Waals surface area (Å²) in [5.74, 6) is -0.786. The number of aromatic amines is 1. The molecule has 26 heavy (non-hydrogen) atoms. The van der Waals surface area contributed by atoms with E-state index in [0.29, 0.717) is 16.1 Å². The highest BCUT2D eigenvalue weighted by atomic mass is 35.5. The van der Waals surface area contributed by atoms with Crippen LogP contribution in [0.25, 0.3) is 5.69 Å². The van der Waals surface area contributed by atoms with Crippen molar-refractivity contribution in [2.75, 3.05) is 0 Å². The Hall–Kier alpha value is -2.59. The van der Waals surface area contributed by atoms with E-state index in [-0.39, 0.29) is 15.7 Å². The van der Waals surface area contributed by atoms with Gasteiger partial charge in [0.2, 0.25) is 0 Å². The molecule has 0 saturated carbocycles. The predicted octanol–water partition coefficient (Wildman–Crippen LogP) is 3.54. The molecule has 1 aromatic heterocycles. The maximum atomic E-state index is 12.0. The molecule has 2 aromatic carbocycles. The zero-order valence-electron chi connectivity index (χ0n) is 12.9. The van der Waals surface area contributed by atoms with Crippen LogP contribution in [0.4, 0.5) is 0 Å². The number of H-pyrrole nitrogens is 1. The van der Waals surface area contributed by atoms with Gasteiger partial charge in [-0.1, -0.05) is 46.9 Å². The van der Waals surface area contributed by atoms with E-state index in [9.17, 15) is 14.9 Å². The van der Waals surface area contributed by atoms with E-state index in [1.54, 1.807) is 24.3 Å². The van der Waals surface area contributed by atoms with Gasteiger partial charge in [0.1, 0.15) is 6.20 Å². The number of nitriles is 1. The monoisotopic (exact) mass is 406 g/mol. The molecular weight excluding hydrogens is 399 g/mol. The first-order valence-corrected chi connectivity index (χ1v) is 8.37. The van der Waals surface area contributed by atoms with Crippen LogP contribution in [-0.2, 0) is 0 Å². The molecule has 0 spiro atoms. The molecule has 0 radical (unpaired) electrons. The molecule has 0 aliphatic rings. The van der Waals surface area contributed by atoms with Crippen molar-refractivity contribution in [3.05, 3.63) is 89.6 Å². The lowest BCUT2D eigenvalue weighted by Crippen LogP contribution is -2.30. The minimum atomic E-state index is -0.786. The predicted molar refractivity (Wildman–Crippen MR) is 99.4 cm³/mol. The third kappa shape index (κ3) is 3.37. The van der Waals surface area contributed by atoms with Gasteiger partial charge < -0.3 is 0 Å². The summed E-state index contributed by atoms with van der Waals surface area (Å²) in [5.41, 5.74) is -0.225. The highest BCUT2D eigenvalue weighted by Gasteiger charge is 2.23. The molecule has 0 amide bonds. The van der Waals surface area contributed by atoms with Crippen molar-refractivity contribution in [2.45, 2.75) is 5.92 Å². The van der Waals surface area contributed by atoms with Crippen LogP contribution in [0.2, 0.25) is 15.1 Å². The van der Waals surface area contributed by atoms with Crippen LogP contribution in [0.1, 0.15) is 17.0 Å². The van der Waals surface area contributed by atoms with E-state index in [1.807, 2.05) is 0 Å². The normalized spacial score (nSPS) is 11.8. The van der Waals surface area contributed by atoms with Gasteiger partial charge in [0.25, 0.3) is 5.56 Å². The fraction of sp³-hybridized carbons (Fsp3) is 0.0588. The highest BCUT2D eigenvalue weighted by molar-refractivity contribution is 6.37. The van der Waals surface area contributed by atoms with Gasteiger partial charge in [-0.15, -0.1) is 0 Å². The lowest BCUT2D eigenvalue weighted by atomic mass is 9.92. The summed E-state index contributed by atoms with van der Waals surface area (Å²) >= 11 is 18.6. The Kier molecular flexibility index (Phi) is 5.14. The molecule has 0 aliphatic heterocycles. The second-order valence-corrected chi connectivity index (χ2v) is 6.48. The van der Waals surface area contributed by atoms with E-state index in [0.717, 1.165) is 10.9 Å². The van der Waals surface area contributed by atoms with Crippen molar-refractivity contribution in [3.8, 4) is 11.8 Å². The molecule has 1 heterocycles. The molecule has 1 N–H and O–H groups in total. The second kappa shape index (κ2) is 7.34. The summed E-state index contributed by atoms with van der Waals surface area (Å²) in [4.78, 5) is 25.3. The van der Waals surface area contributed by atoms with Gasteiger partial charge in [-0.2, -0.15) is 15.0 Å². The Morgan fingerprint density at radius 1 is 1.08 bits per heavy atom. The molecule has 0 unspecified atom stereocenters. The number of hydrogen-bond acceptors (Lipinski definition) is 4. The number of nitrogens with one attached hydrogen (secondary N) is 1. The van der Waals surface area contributed by atoms with Crippen LogP contribution >= 0.6 is 34.8 Å². The Labute approximate surface area is 162 Å². The highest BCUT2D eigenvalue weighted by Crippen LogP contribution is 2.38. The van der Waals surface area contributed by atoms with Crippen LogP contribution in [0.15, 0.2) is 52.2 Å². The Morgan fingerprint density at radius 3 is 2.38 bits per heavy atom. The summed E-state index contributed by atoms with van der Waals surface area (Å²) in [6.07, 6.45) is 0.951. The van der Waals surface area contributed by atoms with E-state index < -0.39 is 17.2 Å². The lowest BCUT2D eigenvalue weighted by molar-refractivity contribution is 0.748. The summed E-state index contributed by atoms with van der Waals surface area (Å²) in [7, 11) is 0. The fourth-order valence-corrected chi connectivity index (χ4v) is 3.27. The Balaban J connectivity index is 2.22. The van der Waals surface area contributed by atoms with E-state index in [2.05, 4.69) is 16.2 Å². The number of hydrogen-bond donors (Lipinski definition) is 1. The van der Waals surface area contributed by atoms with Crippen molar-refractivity contribution >= 4 is 34.8 Å². The van der Waals surface area contributed by atoms with Crippen molar-refractivity contribution in [3.63, 3.8) is 0 Å². The van der Waals surface area contributed by atoms with Crippen molar-refractivity contribution < 1.29 is 0 Å². The molecule has 130 valence electrons. The van der Waals surface area contributed by atoms with Gasteiger partial charge in [-0.25, -0.2) is 4.79 Å². The third-order valence-electron chi connectivity index (χ3n) is 3.67. The summed E-state index contributed by atoms with van der Waals surface area (Å²) < 4.78 is 0.930. The minimum absolute atomic E-state index is 0.0839. The number of halogens is 3. The van der Waals surface area contributed by atoms with Gasteiger partial charge in [-0.05, 0) is 29.8 Å². The minimum Gasteiger partial charge on any atom is -0.271 e. The maximum absolute atomic E-state index is 12.0. The SMILES string of the molecule is N#C[C@@H](c1ccc(Cl)cc1)c1c(Cl)ccc(-n2ncc(=O)[nH]c2=O)c1Cl. The molecule has 3 rings (SSSR count). The molecular formula is C17H9Cl3N4O2. The average molecular weight is 408 g/mol. The molecule has 0 saturated heterocycles. The van der Waals surface area contributed by atoms with E-state index in [1.165, 1.54) is 12.1 Å². The van der Waals surface area contributed by atoms with Crippen LogP contribution in [0, 0.1) is 11.3 Å². The summed E-state index contributed by atoms with van der Waals surface area (Å²) in [6.45, 7) is 0. The van der Waals surface area contributed by atoms with Crippen molar-refractivity contribution in [2.24, 2.45) is 0 Å². The van der Waals surface area contributed by atoms with Crippen LogP contribution in [0.3, 0.4) is 0 Å². The maximum Gasteiger partial charge on any atom is 0.349 e. The molecule has 1 atom stereocenters. The topological polar surface area (TPSA) is 91.5 Å². The number of rotatable bonds is 3. The summed E-state index contributed by atoms with van der Waals surface area (Å²) in [5, 5.41) is 14.3. The first kappa shape index (κ1) is 18.2. The summed E-state index contributed by atoms with van der Waals surface area (Å²) in [6, 6.07) is 11.9. The van der Waals surface area contributed by atoms with Crippen LogP contribution < -0.4 is 11.2 Å². The average Bonchev–Trinajstić information content (AvgIpc) is 2.61. The van der Waals surface area contributed by atoms with Crippen molar-refractivity contribution in [1.82, 2.24) is 14.8 Å². The molecule has 9 heteroatoms. The Bertz CT molecular complexity index is 1130. The quantitative estimate of drug-likeness (QED) is 0.719. The van der Waals surface area contributed by atoms with Gasteiger partial charge >= 0.3 is 5.69 Å². The van der Waals surface area contributed by atoms with Gasteiger partial charge in [0, 0.05) is 15.6 Å². The van der Waals surface area contributed by atoms with Crippen molar-refractivity contribution in [1.29, 1.82) is 5.26 Å². The van der Waals surface area contributed by atoms with Gasteiger partial charge in [-0.3, -0.25) is 9.78 Å². The molecule has 0 aliphatic carbocycles. The second-order valence-electron chi connectivity index (χ2n) is 5.26. The number of nitrogens with zero attached hydrogens (tertiary/aromatic N) is 3.